The number of nitrogens with zero attached hydrogens (tertiary/aromatic N) is 3. The molecule has 20 heavy (non-hydrogen) atoms. The zero-order valence-corrected chi connectivity index (χ0v) is 12.5. The van der Waals surface area contributed by atoms with E-state index in [1.807, 2.05) is 28.8 Å². The van der Waals surface area contributed by atoms with E-state index >= 15 is 0 Å². The number of amides is 1. The minimum atomic E-state index is -0.193. The van der Waals surface area contributed by atoms with Crippen LogP contribution in [0.4, 0.5) is 0 Å². The molecule has 1 aliphatic rings. The molecule has 0 aromatic carbocycles. The zero-order chi connectivity index (χ0) is 14.5. The molecule has 0 spiro atoms. The van der Waals surface area contributed by atoms with Crippen LogP contribution in [0.5, 0.6) is 0 Å². The molecule has 0 bridgehead atoms. The van der Waals surface area contributed by atoms with Crippen LogP contribution in [0.3, 0.4) is 0 Å². The topological polar surface area (TPSA) is 59.4 Å². The van der Waals surface area contributed by atoms with E-state index in [0.717, 1.165) is 0 Å². The van der Waals surface area contributed by atoms with E-state index in [-0.39, 0.29) is 24.0 Å². The Hall–Kier alpha value is -1.40. The third-order valence-electron chi connectivity index (χ3n) is 3.87. The first-order valence-electron chi connectivity index (χ1n) is 7.21. The maximum absolute atomic E-state index is 12.3. The number of ether oxygens (including phenoxy) is 1. The molecule has 112 valence electrons. The minimum Gasteiger partial charge on any atom is -0.378 e. The van der Waals surface area contributed by atoms with E-state index in [4.69, 9.17) is 4.74 Å². The molecule has 0 aliphatic carbocycles. The molecule has 1 aromatic rings. The highest BCUT2D eigenvalue weighted by atomic mass is 16.5. The summed E-state index contributed by atoms with van der Waals surface area (Å²) in [5.74, 6) is 0.146. The van der Waals surface area contributed by atoms with Gasteiger partial charge >= 0.3 is 0 Å². The number of nitrogens with one attached hydrogen (secondary N) is 1. The summed E-state index contributed by atoms with van der Waals surface area (Å²) >= 11 is 0. The number of morpholine rings is 1. The second-order valence-electron chi connectivity index (χ2n) is 5.34. The van der Waals surface area contributed by atoms with Gasteiger partial charge in [0, 0.05) is 31.5 Å². The largest absolute Gasteiger partial charge is 0.378 e. The molecular weight excluding hydrogens is 256 g/mol. The molecule has 0 saturated carbocycles. The van der Waals surface area contributed by atoms with Crippen LogP contribution in [-0.2, 0) is 9.53 Å². The van der Waals surface area contributed by atoms with Crippen molar-refractivity contribution in [2.24, 2.45) is 0 Å². The monoisotopic (exact) mass is 280 g/mol. The predicted molar refractivity (Wildman–Crippen MR) is 76.4 cm³/mol. The van der Waals surface area contributed by atoms with Crippen molar-refractivity contribution in [1.82, 2.24) is 20.0 Å². The average molecular weight is 280 g/mol. The fraction of sp³-hybridized carbons (Fsp3) is 0.714. The van der Waals surface area contributed by atoms with Gasteiger partial charge in [0.15, 0.2) is 0 Å². The lowest BCUT2D eigenvalue weighted by molar-refractivity contribution is -0.137. The number of rotatable bonds is 5. The molecule has 1 saturated heterocycles. The van der Waals surface area contributed by atoms with Crippen LogP contribution in [0.15, 0.2) is 18.5 Å². The van der Waals surface area contributed by atoms with E-state index in [2.05, 4.69) is 24.3 Å². The summed E-state index contributed by atoms with van der Waals surface area (Å²) < 4.78 is 7.18. The standard InChI is InChI=1S/C14H24N4O2/c1-11(13(3)18-6-4-5-15-18)16-12(2)14(19)17-7-9-20-10-8-17/h4-6,11-13,16H,7-10H2,1-3H3/t11-,12-,13+/m0/s1. The van der Waals surface area contributed by atoms with E-state index < -0.39 is 0 Å². The lowest BCUT2D eigenvalue weighted by atomic mass is 10.1. The molecule has 1 N–H and O–H groups in total. The second-order valence-corrected chi connectivity index (χ2v) is 5.34. The first-order chi connectivity index (χ1) is 9.59. The van der Waals surface area contributed by atoms with E-state index in [1.165, 1.54) is 0 Å². The summed E-state index contributed by atoms with van der Waals surface area (Å²) in [7, 11) is 0. The van der Waals surface area contributed by atoms with Crippen molar-refractivity contribution in [1.29, 1.82) is 0 Å². The summed E-state index contributed by atoms with van der Waals surface area (Å²) in [5.41, 5.74) is 0. The number of carbonyl (C=O) groups is 1. The van der Waals surface area contributed by atoms with Gasteiger partial charge in [0.1, 0.15) is 0 Å². The fourth-order valence-corrected chi connectivity index (χ4v) is 2.41. The molecule has 6 nitrogen and oxygen atoms in total. The molecule has 1 fully saturated rings. The van der Waals surface area contributed by atoms with Gasteiger partial charge in [-0.25, -0.2) is 0 Å². The smallest absolute Gasteiger partial charge is 0.239 e. The Morgan fingerprint density at radius 2 is 2.00 bits per heavy atom. The summed E-state index contributed by atoms with van der Waals surface area (Å²) in [6.45, 7) is 8.74. The molecule has 3 atom stereocenters. The number of aromatic nitrogens is 2. The molecule has 6 heteroatoms. The SMILES string of the molecule is C[C@H](N[C@@H](C)[C@@H](C)n1cccn1)C(=O)N1CCOCC1. The Labute approximate surface area is 120 Å². The van der Waals surface area contributed by atoms with Crippen LogP contribution < -0.4 is 5.32 Å². The van der Waals surface area contributed by atoms with Gasteiger partial charge in [-0.3, -0.25) is 9.48 Å². The lowest BCUT2D eigenvalue weighted by Crippen LogP contribution is -2.52. The van der Waals surface area contributed by atoms with Crippen LogP contribution >= 0.6 is 0 Å². The summed E-state index contributed by atoms with van der Waals surface area (Å²) in [4.78, 5) is 14.2. The Morgan fingerprint density at radius 1 is 1.30 bits per heavy atom. The summed E-state index contributed by atoms with van der Waals surface area (Å²) in [5, 5.41) is 7.62. The average Bonchev–Trinajstić information content (AvgIpc) is 3.00. The van der Waals surface area contributed by atoms with Crippen LogP contribution in [-0.4, -0.2) is 59.0 Å². The van der Waals surface area contributed by atoms with Crippen molar-refractivity contribution >= 4 is 5.91 Å². The first-order valence-corrected chi connectivity index (χ1v) is 7.21. The summed E-state index contributed by atoms with van der Waals surface area (Å²) in [6, 6.07) is 2.08. The first kappa shape index (κ1) is 15.0. The quantitative estimate of drug-likeness (QED) is 0.861. The van der Waals surface area contributed by atoms with Gasteiger partial charge in [0.05, 0.1) is 25.3 Å². The second kappa shape index (κ2) is 6.85. The van der Waals surface area contributed by atoms with Crippen molar-refractivity contribution in [3.05, 3.63) is 18.5 Å². The molecule has 2 heterocycles. The normalized spacial score (nSPS) is 20.4. The van der Waals surface area contributed by atoms with Gasteiger partial charge in [-0.2, -0.15) is 5.10 Å². The lowest BCUT2D eigenvalue weighted by Gasteiger charge is -2.31. The summed E-state index contributed by atoms with van der Waals surface area (Å²) in [6.07, 6.45) is 3.71. The highest BCUT2D eigenvalue weighted by Gasteiger charge is 2.25. The van der Waals surface area contributed by atoms with Crippen molar-refractivity contribution in [2.75, 3.05) is 26.3 Å². The Morgan fingerprint density at radius 3 is 2.60 bits per heavy atom. The van der Waals surface area contributed by atoms with E-state index in [0.29, 0.717) is 26.3 Å². The van der Waals surface area contributed by atoms with Gasteiger partial charge in [-0.15, -0.1) is 0 Å². The van der Waals surface area contributed by atoms with Crippen molar-refractivity contribution in [3.63, 3.8) is 0 Å². The van der Waals surface area contributed by atoms with Crippen LogP contribution in [0, 0.1) is 0 Å². The van der Waals surface area contributed by atoms with Gasteiger partial charge in [-0.1, -0.05) is 0 Å². The number of carbonyl (C=O) groups excluding carboxylic acids is 1. The Balaban J connectivity index is 1.86. The molecule has 2 rings (SSSR count). The molecule has 1 aromatic heterocycles. The Kier molecular flexibility index (Phi) is 5.14. The van der Waals surface area contributed by atoms with Crippen LogP contribution in [0.1, 0.15) is 26.8 Å². The van der Waals surface area contributed by atoms with Gasteiger partial charge < -0.3 is 15.0 Å². The van der Waals surface area contributed by atoms with Crippen molar-refractivity contribution in [2.45, 2.75) is 38.9 Å². The van der Waals surface area contributed by atoms with Gasteiger partial charge in [0.2, 0.25) is 5.91 Å². The minimum absolute atomic E-state index is 0.146. The maximum atomic E-state index is 12.3. The van der Waals surface area contributed by atoms with Crippen molar-refractivity contribution < 1.29 is 9.53 Å². The molecular formula is C14H24N4O2. The van der Waals surface area contributed by atoms with E-state index in [1.54, 1.807) is 6.20 Å². The Bertz CT molecular complexity index is 415. The third-order valence-corrected chi connectivity index (χ3v) is 3.87. The van der Waals surface area contributed by atoms with Crippen molar-refractivity contribution in [3.8, 4) is 0 Å². The molecule has 0 radical (unpaired) electrons. The fourth-order valence-electron chi connectivity index (χ4n) is 2.41. The maximum Gasteiger partial charge on any atom is 0.239 e. The molecule has 1 aliphatic heterocycles. The van der Waals surface area contributed by atoms with E-state index in [9.17, 15) is 4.79 Å². The zero-order valence-electron chi connectivity index (χ0n) is 12.5. The third kappa shape index (κ3) is 3.58. The number of hydrogen-bond acceptors (Lipinski definition) is 4. The highest BCUT2D eigenvalue weighted by molar-refractivity contribution is 5.81. The molecule has 0 unspecified atom stereocenters. The number of hydrogen-bond donors (Lipinski definition) is 1. The van der Waals surface area contributed by atoms with Gasteiger partial charge in [0.25, 0.3) is 0 Å². The van der Waals surface area contributed by atoms with Gasteiger partial charge in [-0.05, 0) is 26.8 Å². The van der Waals surface area contributed by atoms with Crippen LogP contribution in [0.25, 0.3) is 0 Å². The van der Waals surface area contributed by atoms with Crippen LogP contribution in [0.2, 0.25) is 0 Å². The predicted octanol–water partition coefficient (Wildman–Crippen LogP) is 0.670. The highest BCUT2D eigenvalue weighted by Crippen LogP contribution is 2.10. The molecule has 1 amide bonds.